The summed E-state index contributed by atoms with van der Waals surface area (Å²) in [5, 5.41) is 0. The van der Waals surface area contributed by atoms with Gasteiger partial charge in [-0.1, -0.05) is 112 Å². The molecule has 30 heavy (non-hydrogen) atoms. The van der Waals surface area contributed by atoms with E-state index >= 15 is 0 Å². The fraction of sp³-hybridized carbons (Fsp3) is 0.923. The first kappa shape index (κ1) is 28.9. The summed E-state index contributed by atoms with van der Waals surface area (Å²) in [5.41, 5.74) is 0. The van der Waals surface area contributed by atoms with Gasteiger partial charge in [0.2, 0.25) is 0 Å². The minimum absolute atomic E-state index is 0.141. The number of unbranched alkanes of at least 4 members (excludes halogenated alkanes) is 11. The van der Waals surface area contributed by atoms with Gasteiger partial charge in [0.15, 0.2) is 0 Å². The topological polar surface area (TPSA) is 52.6 Å². The number of hydrogen-bond acceptors (Lipinski definition) is 4. The Labute approximate surface area is 186 Å². The molecule has 4 nitrogen and oxygen atoms in total. The maximum absolute atomic E-state index is 12.4. The van der Waals surface area contributed by atoms with Gasteiger partial charge in [0.25, 0.3) is 0 Å². The molecule has 4 heteroatoms. The van der Waals surface area contributed by atoms with Crippen LogP contribution in [0.1, 0.15) is 125 Å². The second kappa shape index (κ2) is 19.9. The van der Waals surface area contributed by atoms with E-state index in [1.165, 1.54) is 64.2 Å². The largest absolute Gasteiger partial charge is 0.465 e. The Hall–Kier alpha value is -1.06. The highest BCUT2D eigenvalue weighted by Gasteiger charge is 2.24. The smallest absolute Gasteiger partial charge is 0.309 e. The lowest BCUT2D eigenvalue weighted by atomic mass is 9.97. The van der Waals surface area contributed by atoms with Crippen LogP contribution in [0.2, 0.25) is 0 Å². The van der Waals surface area contributed by atoms with Crippen LogP contribution in [0.5, 0.6) is 0 Å². The molecule has 0 fully saturated rings. The zero-order valence-corrected chi connectivity index (χ0v) is 20.7. The molecule has 0 amide bonds. The van der Waals surface area contributed by atoms with Gasteiger partial charge in [-0.05, 0) is 18.3 Å². The Morgan fingerprint density at radius 1 is 0.633 bits per heavy atom. The predicted molar refractivity (Wildman–Crippen MR) is 125 cm³/mol. The Balaban J connectivity index is 4.02. The van der Waals surface area contributed by atoms with Gasteiger partial charge in [-0.2, -0.15) is 0 Å². The molecule has 0 saturated heterocycles. The summed E-state index contributed by atoms with van der Waals surface area (Å²) in [7, 11) is 0. The average Bonchev–Trinajstić information content (AvgIpc) is 2.70. The number of hydrogen-bond donors (Lipinski definition) is 0. The molecule has 0 radical (unpaired) electrons. The lowest BCUT2D eigenvalue weighted by molar-refractivity contribution is -0.156. The minimum Gasteiger partial charge on any atom is -0.465 e. The molecule has 0 bridgehead atoms. The summed E-state index contributed by atoms with van der Waals surface area (Å²) in [5.74, 6) is -0.292. The second-order valence-corrected chi connectivity index (χ2v) is 9.68. The molecule has 0 spiro atoms. The van der Waals surface area contributed by atoms with Crippen molar-refractivity contribution < 1.29 is 19.1 Å². The molecule has 0 aliphatic carbocycles. The van der Waals surface area contributed by atoms with Crippen LogP contribution in [-0.2, 0) is 19.1 Å². The van der Waals surface area contributed by atoms with Gasteiger partial charge in [-0.25, -0.2) is 0 Å². The number of esters is 2. The van der Waals surface area contributed by atoms with E-state index in [-0.39, 0.29) is 24.3 Å². The summed E-state index contributed by atoms with van der Waals surface area (Å²) in [6.07, 6.45) is 16.3. The second-order valence-electron chi connectivity index (χ2n) is 9.68. The van der Waals surface area contributed by atoms with Gasteiger partial charge in [0.05, 0.1) is 25.6 Å². The Morgan fingerprint density at radius 2 is 1.07 bits per heavy atom. The van der Waals surface area contributed by atoms with Crippen molar-refractivity contribution in [2.24, 2.45) is 17.8 Å². The minimum atomic E-state index is -0.369. The van der Waals surface area contributed by atoms with E-state index < -0.39 is 0 Å². The van der Waals surface area contributed by atoms with E-state index in [1.807, 2.05) is 27.7 Å². The molecule has 1 unspecified atom stereocenters. The number of rotatable bonds is 20. The summed E-state index contributed by atoms with van der Waals surface area (Å²) in [4.78, 5) is 24.5. The molecule has 0 aliphatic rings. The van der Waals surface area contributed by atoms with Crippen LogP contribution in [0.4, 0.5) is 0 Å². The van der Waals surface area contributed by atoms with Gasteiger partial charge in [0, 0.05) is 0 Å². The molecule has 0 heterocycles. The highest BCUT2D eigenvalue weighted by Crippen LogP contribution is 2.19. The normalized spacial score (nSPS) is 12.4. The van der Waals surface area contributed by atoms with E-state index in [9.17, 15) is 9.59 Å². The SMILES string of the molecule is CCCCCCCCCCCCCCC(CC(=O)OCC(C)C)C(=O)OCC(C)C. The van der Waals surface area contributed by atoms with Crippen molar-refractivity contribution in [3.8, 4) is 0 Å². The third-order valence-electron chi connectivity index (χ3n) is 5.29. The van der Waals surface area contributed by atoms with Crippen molar-refractivity contribution >= 4 is 11.9 Å². The molecule has 1 atom stereocenters. The Bertz CT molecular complexity index is 417. The number of carbonyl (C=O) groups is 2. The summed E-state index contributed by atoms with van der Waals surface area (Å²) in [6.45, 7) is 11.1. The van der Waals surface area contributed by atoms with E-state index in [0.29, 0.717) is 31.5 Å². The molecular formula is C26H50O4. The Kier molecular flexibility index (Phi) is 19.2. The number of ether oxygens (including phenoxy) is 2. The third kappa shape index (κ3) is 18.9. The van der Waals surface area contributed by atoms with E-state index in [2.05, 4.69) is 6.92 Å². The highest BCUT2D eigenvalue weighted by atomic mass is 16.5. The van der Waals surface area contributed by atoms with Gasteiger partial charge in [-0.15, -0.1) is 0 Å². The van der Waals surface area contributed by atoms with Crippen LogP contribution in [-0.4, -0.2) is 25.2 Å². The van der Waals surface area contributed by atoms with E-state index in [4.69, 9.17) is 9.47 Å². The van der Waals surface area contributed by atoms with Crippen LogP contribution in [0.15, 0.2) is 0 Å². The summed E-state index contributed by atoms with van der Waals surface area (Å²) >= 11 is 0. The molecule has 0 aromatic heterocycles. The van der Waals surface area contributed by atoms with Gasteiger partial charge < -0.3 is 9.47 Å². The van der Waals surface area contributed by atoms with Crippen molar-refractivity contribution in [2.75, 3.05) is 13.2 Å². The van der Waals surface area contributed by atoms with Crippen LogP contribution in [0, 0.1) is 17.8 Å². The predicted octanol–water partition coefficient (Wildman–Crippen LogP) is 7.48. The van der Waals surface area contributed by atoms with Crippen molar-refractivity contribution in [3.63, 3.8) is 0 Å². The highest BCUT2D eigenvalue weighted by molar-refractivity contribution is 5.79. The maximum atomic E-state index is 12.4. The van der Waals surface area contributed by atoms with Crippen LogP contribution >= 0.6 is 0 Å². The van der Waals surface area contributed by atoms with Gasteiger partial charge in [-0.3, -0.25) is 9.59 Å². The zero-order valence-electron chi connectivity index (χ0n) is 20.7. The lowest BCUT2D eigenvalue weighted by Crippen LogP contribution is -2.24. The van der Waals surface area contributed by atoms with E-state index in [0.717, 1.165) is 12.8 Å². The molecule has 0 aromatic rings. The molecule has 0 saturated carbocycles. The molecule has 0 aromatic carbocycles. The molecular weight excluding hydrogens is 376 g/mol. The van der Waals surface area contributed by atoms with Crippen molar-refractivity contribution in [3.05, 3.63) is 0 Å². The Morgan fingerprint density at radius 3 is 1.53 bits per heavy atom. The first-order valence-corrected chi connectivity index (χ1v) is 12.7. The molecule has 0 N–H and O–H groups in total. The van der Waals surface area contributed by atoms with Crippen LogP contribution in [0.3, 0.4) is 0 Å². The van der Waals surface area contributed by atoms with Crippen LogP contribution in [0.25, 0.3) is 0 Å². The van der Waals surface area contributed by atoms with Crippen molar-refractivity contribution in [1.29, 1.82) is 0 Å². The maximum Gasteiger partial charge on any atom is 0.309 e. The quantitative estimate of drug-likeness (QED) is 0.149. The number of carbonyl (C=O) groups excluding carboxylic acids is 2. The molecule has 0 aliphatic heterocycles. The molecule has 0 rings (SSSR count). The fourth-order valence-electron chi connectivity index (χ4n) is 3.42. The molecule has 178 valence electrons. The monoisotopic (exact) mass is 426 g/mol. The third-order valence-corrected chi connectivity index (χ3v) is 5.29. The van der Waals surface area contributed by atoms with Gasteiger partial charge in [0.1, 0.15) is 0 Å². The van der Waals surface area contributed by atoms with Crippen molar-refractivity contribution in [1.82, 2.24) is 0 Å². The van der Waals surface area contributed by atoms with E-state index in [1.54, 1.807) is 0 Å². The fourth-order valence-corrected chi connectivity index (χ4v) is 3.42. The zero-order chi connectivity index (χ0) is 22.6. The lowest BCUT2D eigenvalue weighted by Gasteiger charge is -2.17. The average molecular weight is 427 g/mol. The summed E-state index contributed by atoms with van der Waals surface area (Å²) < 4.78 is 10.7. The summed E-state index contributed by atoms with van der Waals surface area (Å²) in [6, 6.07) is 0. The standard InChI is InChI=1S/C26H50O4/c1-6-7-8-9-10-11-12-13-14-15-16-17-18-24(26(28)30-21-23(4)5)19-25(27)29-20-22(2)3/h22-24H,6-21H2,1-5H3. The van der Waals surface area contributed by atoms with Crippen LogP contribution < -0.4 is 0 Å². The van der Waals surface area contributed by atoms with Gasteiger partial charge >= 0.3 is 11.9 Å². The first-order valence-electron chi connectivity index (χ1n) is 12.7. The van der Waals surface area contributed by atoms with Crippen molar-refractivity contribution in [2.45, 2.75) is 125 Å². The first-order chi connectivity index (χ1) is 14.4.